The third-order valence-corrected chi connectivity index (χ3v) is 6.12. The number of hydrogen-bond acceptors (Lipinski definition) is 3. The molecule has 0 heterocycles. The summed E-state index contributed by atoms with van der Waals surface area (Å²) < 4.78 is 26.2. The Morgan fingerprint density at radius 3 is 2.55 bits per heavy atom. The number of ether oxygens (including phenoxy) is 2. The summed E-state index contributed by atoms with van der Waals surface area (Å²) in [6, 6.07) is 22.7. The summed E-state index contributed by atoms with van der Waals surface area (Å²) in [7, 11) is 1.58. The molecule has 3 nitrogen and oxygen atoms in total. The van der Waals surface area contributed by atoms with Crippen LogP contribution in [0.4, 0.5) is 10.1 Å². The fraction of sp³-hybridized carbons (Fsp3) is 0.120. The van der Waals surface area contributed by atoms with E-state index in [0.717, 1.165) is 21.1 Å². The zero-order valence-corrected chi connectivity index (χ0v) is 19.1. The first kappa shape index (κ1) is 21.5. The van der Waals surface area contributed by atoms with E-state index in [1.165, 1.54) is 11.5 Å². The molecule has 0 spiro atoms. The minimum absolute atomic E-state index is 0.00189. The van der Waals surface area contributed by atoms with Crippen LogP contribution < -0.4 is 14.8 Å². The fourth-order valence-electron chi connectivity index (χ4n) is 3.38. The van der Waals surface area contributed by atoms with Gasteiger partial charge in [-0.25, -0.2) is 4.39 Å². The molecule has 4 aromatic carbocycles. The third-order valence-electron chi connectivity index (χ3n) is 5.03. The number of benzene rings is 4. The van der Waals surface area contributed by atoms with E-state index in [1.54, 1.807) is 19.2 Å². The van der Waals surface area contributed by atoms with Crippen molar-refractivity contribution < 1.29 is 13.9 Å². The van der Waals surface area contributed by atoms with Crippen molar-refractivity contribution in [3.63, 3.8) is 0 Å². The molecular formula is C25H20BrClFNO2. The lowest BCUT2D eigenvalue weighted by Crippen LogP contribution is -2.04. The van der Waals surface area contributed by atoms with Crippen molar-refractivity contribution in [2.75, 3.05) is 12.4 Å². The van der Waals surface area contributed by atoms with Crippen LogP contribution in [-0.4, -0.2) is 7.11 Å². The second-order valence-electron chi connectivity index (χ2n) is 6.96. The standard InChI is InChI=1S/C25H20BrClFNO2/c1-30-24-12-17(14-29-23-11-4-7-16-6-2-3-8-18(16)23)20(26)13-25(24)31-15-19-21(27)9-5-10-22(19)28/h2-13,29H,14-15H2,1H3. The molecule has 0 aromatic heterocycles. The second kappa shape index (κ2) is 9.58. The summed E-state index contributed by atoms with van der Waals surface area (Å²) in [6.45, 7) is 0.590. The summed E-state index contributed by atoms with van der Waals surface area (Å²) >= 11 is 9.71. The molecule has 0 radical (unpaired) electrons. The van der Waals surface area contributed by atoms with Gasteiger partial charge in [0.05, 0.1) is 12.1 Å². The Balaban J connectivity index is 1.53. The van der Waals surface area contributed by atoms with Crippen molar-refractivity contribution in [2.45, 2.75) is 13.2 Å². The highest BCUT2D eigenvalue weighted by Gasteiger charge is 2.13. The Labute approximate surface area is 193 Å². The average Bonchev–Trinajstić information content (AvgIpc) is 2.78. The van der Waals surface area contributed by atoms with Crippen molar-refractivity contribution in [3.8, 4) is 11.5 Å². The third kappa shape index (κ3) is 4.78. The van der Waals surface area contributed by atoms with Crippen molar-refractivity contribution in [1.29, 1.82) is 0 Å². The first-order valence-corrected chi connectivity index (χ1v) is 10.9. The first-order chi connectivity index (χ1) is 15.1. The highest BCUT2D eigenvalue weighted by atomic mass is 79.9. The van der Waals surface area contributed by atoms with Crippen LogP contribution in [0.3, 0.4) is 0 Å². The van der Waals surface area contributed by atoms with E-state index in [1.807, 2.05) is 30.3 Å². The Bertz CT molecular complexity index is 1210. The lowest BCUT2D eigenvalue weighted by molar-refractivity contribution is 0.279. The van der Waals surface area contributed by atoms with Gasteiger partial charge < -0.3 is 14.8 Å². The van der Waals surface area contributed by atoms with Crippen LogP contribution in [0.25, 0.3) is 10.8 Å². The van der Waals surface area contributed by atoms with E-state index >= 15 is 0 Å². The molecule has 1 N–H and O–H groups in total. The maximum Gasteiger partial charge on any atom is 0.162 e. The van der Waals surface area contributed by atoms with Gasteiger partial charge in [0.25, 0.3) is 0 Å². The molecule has 0 aliphatic carbocycles. The first-order valence-electron chi connectivity index (χ1n) is 9.70. The van der Waals surface area contributed by atoms with Gasteiger partial charge in [-0.05, 0) is 41.3 Å². The lowest BCUT2D eigenvalue weighted by Gasteiger charge is -2.16. The maximum absolute atomic E-state index is 14.0. The normalized spacial score (nSPS) is 10.8. The topological polar surface area (TPSA) is 30.5 Å². The average molecular weight is 501 g/mol. The Morgan fingerprint density at radius 1 is 0.968 bits per heavy atom. The molecule has 0 bridgehead atoms. The molecule has 158 valence electrons. The number of fused-ring (bicyclic) bond motifs is 1. The number of methoxy groups -OCH3 is 1. The van der Waals surface area contributed by atoms with E-state index in [-0.39, 0.29) is 6.61 Å². The van der Waals surface area contributed by atoms with Gasteiger partial charge in [0.15, 0.2) is 11.5 Å². The molecule has 6 heteroatoms. The number of hydrogen-bond donors (Lipinski definition) is 1. The molecule has 0 saturated heterocycles. The molecule has 31 heavy (non-hydrogen) atoms. The zero-order valence-electron chi connectivity index (χ0n) is 16.8. The highest BCUT2D eigenvalue weighted by Crippen LogP contribution is 2.35. The van der Waals surface area contributed by atoms with Gasteiger partial charge in [0.2, 0.25) is 0 Å². The van der Waals surface area contributed by atoms with Crippen LogP contribution in [0.2, 0.25) is 5.02 Å². The SMILES string of the molecule is COc1cc(CNc2cccc3ccccc23)c(Br)cc1OCc1c(F)cccc1Cl. The maximum atomic E-state index is 14.0. The zero-order chi connectivity index (χ0) is 21.8. The predicted octanol–water partition coefficient (Wildman–Crippen LogP) is 7.59. The van der Waals surface area contributed by atoms with E-state index in [0.29, 0.717) is 28.6 Å². The van der Waals surface area contributed by atoms with Gasteiger partial charge in [0, 0.05) is 27.7 Å². The monoisotopic (exact) mass is 499 g/mol. The number of halogens is 3. The van der Waals surface area contributed by atoms with E-state index in [4.69, 9.17) is 21.1 Å². The predicted molar refractivity (Wildman–Crippen MR) is 128 cm³/mol. The largest absolute Gasteiger partial charge is 0.493 e. The van der Waals surface area contributed by atoms with Gasteiger partial charge in [-0.15, -0.1) is 0 Å². The van der Waals surface area contributed by atoms with Gasteiger partial charge in [-0.3, -0.25) is 0 Å². The number of anilines is 1. The van der Waals surface area contributed by atoms with Gasteiger partial charge in [0.1, 0.15) is 12.4 Å². The molecule has 0 atom stereocenters. The minimum Gasteiger partial charge on any atom is -0.493 e. The van der Waals surface area contributed by atoms with E-state index < -0.39 is 5.82 Å². The quantitative estimate of drug-likeness (QED) is 0.283. The molecule has 0 saturated carbocycles. The Hall–Kier alpha value is -2.76. The molecule has 4 aromatic rings. The molecule has 0 fully saturated rings. The van der Waals surface area contributed by atoms with Crippen molar-refractivity contribution in [1.82, 2.24) is 0 Å². The highest BCUT2D eigenvalue weighted by molar-refractivity contribution is 9.10. The minimum atomic E-state index is -0.401. The Morgan fingerprint density at radius 2 is 1.74 bits per heavy atom. The molecular weight excluding hydrogens is 481 g/mol. The summed E-state index contributed by atoms with van der Waals surface area (Å²) in [5.74, 6) is 0.662. The van der Waals surface area contributed by atoms with Gasteiger partial charge in [-0.1, -0.05) is 70.0 Å². The number of nitrogens with one attached hydrogen (secondary N) is 1. The molecule has 0 aliphatic rings. The smallest absolute Gasteiger partial charge is 0.162 e. The summed E-state index contributed by atoms with van der Waals surface area (Å²) in [5, 5.41) is 6.16. The summed E-state index contributed by atoms with van der Waals surface area (Å²) in [5.41, 5.74) is 2.36. The number of rotatable bonds is 7. The van der Waals surface area contributed by atoms with Crippen LogP contribution in [0.5, 0.6) is 11.5 Å². The summed E-state index contributed by atoms with van der Waals surface area (Å²) in [4.78, 5) is 0. The molecule has 0 aliphatic heterocycles. The van der Waals surface area contributed by atoms with Gasteiger partial charge >= 0.3 is 0 Å². The fourth-order valence-corrected chi connectivity index (χ4v) is 4.06. The van der Waals surface area contributed by atoms with Crippen LogP contribution in [0, 0.1) is 5.82 Å². The Kier molecular flexibility index (Phi) is 6.64. The summed E-state index contributed by atoms with van der Waals surface area (Å²) in [6.07, 6.45) is 0. The van der Waals surface area contributed by atoms with Crippen LogP contribution in [-0.2, 0) is 13.2 Å². The molecule has 0 unspecified atom stereocenters. The molecule has 0 amide bonds. The van der Waals surface area contributed by atoms with Crippen LogP contribution in [0.15, 0.2) is 77.3 Å². The lowest BCUT2D eigenvalue weighted by atomic mass is 10.1. The van der Waals surface area contributed by atoms with Gasteiger partial charge in [-0.2, -0.15) is 0 Å². The second-order valence-corrected chi connectivity index (χ2v) is 8.23. The van der Waals surface area contributed by atoms with Crippen molar-refractivity contribution >= 4 is 44.0 Å². The van der Waals surface area contributed by atoms with E-state index in [9.17, 15) is 4.39 Å². The van der Waals surface area contributed by atoms with E-state index in [2.05, 4.69) is 45.5 Å². The van der Waals surface area contributed by atoms with Crippen LogP contribution in [0.1, 0.15) is 11.1 Å². The molecule has 4 rings (SSSR count). The van der Waals surface area contributed by atoms with Crippen LogP contribution >= 0.6 is 27.5 Å². The van der Waals surface area contributed by atoms with Crippen molar-refractivity contribution in [3.05, 3.63) is 99.2 Å². The van der Waals surface area contributed by atoms with Crippen molar-refractivity contribution in [2.24, 2.45) is 0 Å².